The van der Waals surface area contributed by atoms with Crippen LogP contribution in [0.4, 0.5) is 11.5 Å². The zero-order chi connectivity index (χ0) is 33.5. The zero-order valence-electron chi connectivity index (χ0n) is 27.3. The number of amidine groups is 1. The molecule has 5 rings (SSSR count). The standard InChI is InChI=1S/C36H43N9O2/c1-4-45(31-14-13-30(37)34(42-31)33(38)27-7-5-24(2)6-8-27)36(47)29-15-18-43(21-29)22-32(46)44-19-16-26(17-20-44)25-9-11-28(12-10-25)35(39)41-23-40-3/h5-14,16,23,29,38H,4,15,17-22,37H2,1-3H3,(H2,39,40,41)/t29-/m1/s1. The minimum Gasteiger partial charge on any atom is -0.397 e. The molecule has 0 aliphatic carbocycles. The van der Waals surface area contributed by atoms with E-state index < -0.39 is 0 Å². The van der Waals surface area contributed by atoms with Crippen LogP contribution in [0.1, 0.15) is 47.7 Å². The van der Waals surface area contributed by atoms with E-state index in [0.29, 0.717) is 67.7 Å². The Labute approximate surface area is 276 Å². The van der Waals surface area contributed by atoms with Gasteiger partial charge in [0, 0.05) is 44.4 Å². The van der Waals surface area contributed by atoms with Crippen molar-refractivity contribution in [1.82, 2.24) is 14.8 Å². The average Bonchev–Trinajstić information content (AvgIpc) is 3.56. The molecule has 1 aromatic heterocycles. The highest BCUT2D eigenvalue weighted by molar-refractivity contribution is 6.13. The molecule has 244 valence electrons. The van der Waals surface area contributed by atoms with Gasteiger partial charge in [0.15, 0.2) is 0 Å². The van der Waals surface area contributed by atoms with E-state index in [0.717, 1.165) is 23.1 Å². The SMILES string of the molecule is CCN(C(=O)[C@@H]1CCN(CC(=O)N2CC=C(c3ccc(C(N)=NC=NC)cc3)CC2)C1)c1ccc(N)c(C(=N)c2ccc(C)cc2)n1. The summed E-state index contributed by atoms with van der Waals surface area (Å²) < 4.78 is 0. The number of nitrogens with zero attached hydrogens (tertiary/aromatic N) is 6. The van der Waals surface area contributed by atoms with Crippen LogP contribution in [0.3, 0.4) is 0 Å². The first-order chi connectivity index (χ1) is 22.7. The molecule has 0 bridgehead atoms. The Morgan fingerprint density at radius 1 is 1.06 bits per heavy atom. The smallest absolute Gasteiger partial charge is 0.237 e. The van der Waals surface area contributed by atoms with Gasteiger partial charge in [-0.25, -0.2) is 9.98 Å². The molecule has 3 heterocycles. The van der Waals surface area contributed by atoms with Crippen molar-refractivity contribution in [3.63, 3.8) is 0 Å². The average molecular weight is 634 g/mol. The number of nitrogens with two attached hydrogens (primary N) is 2. The third-order valence-electron chi connectivity index (χ3n) is 8.75. The van der Waals surface area contributed by atoms with Crippen LogP contribution in [0.25, 0.3) is 5.57 Å². The predicted molar refractivity (Wildman–Crippen MR) is 189 cm³/mol. The monoisotopic (exact) mass is 633 g/mol. The molecule has 1 saturated heterocycles. The van der Waals surface area contributed by atoms with Crippen LogP contribution < -0.4 is 16.4 Å². The number of aliphatic imine (C=N–C) groups is 2. The van der Waals surface area contributed by atoms with Crippen molar-refractivity contribution >= 4 is 46.8 Å². The van der Waals surface area contributed by atoms with Crippen molar-refractivity contribution in [3.05, 3.63) is 94.7 Å². The molecule has 47 heavy (non-hydrogen) atoms. The fraction of sp³-hybridized carbons (Fsp3) is 0.333. The Kier molecular flexibility index (Phi) is 10.6. The van der Waals surface area contributed by atoms with Gasteiger partial charge < -0.3 is 16.4 Å². The van der Waals surface area contributed by atoms with E-state index >= 15 is 0 Å². The quantitative estimate of drug-likeness (QED) is 0.228. The number of nitrogens with one attached hydrogen (secondary N) is 1. The number of carbonyl (C=O) groups is 2. The summed E-state index contributed by atoms with van der Waals surface area (Å²) in [6, 6.07) is 19.0. The molecule has 11 nitrogen and oxygen atoms in total. The summed E-state index contributed by atoms with van der Waals surface area (Å²) in [7, 11) is 1.64. The number of aryl methyl sites for hydroxylation is 1. The maximum Gasteiger partial charge on any atom is 0.237 e. The zero-order valence-corrected chi connectivity index (χ0v) is 27.3. The summed E-state index contributed by atoms with van der Waals surface area (Å²) in [5, 5.41) is 8.72. The Bertz CT molecular complexity index is 1710. The van der Waals surface area contributed by atoms with Gasteiger partial charge in [-0.1, -0.05) is 60.2 Å². The number of amides is 2. The van der Waals surface area contributed by atoms with Crippen LogP contribution in [0.2, 0.25) is 0 Å². The van der Waals surface area contributed by atoms with Gasteiger partial charge in [0.2, 0.25) is 11.8 Å². The number of nitrogen functional groups attached to an aromatic ring is 1. The molecule has 1 atom stereocenters. The summed E-state index contributed by atoms with van der Waals surface area (Å²) in [5.74, 6) is 0.677. The van der Waals surface area contributed by atoms with Gasteiger partial charge in [0.05, 0.1) is 23.9 Å². The van der Waals surface area contributed by atoms with Crippen molar-refractivity contribution in [2.75, 3.05) is 56.9 Å². The number of hydrogen-bond donors (Lipinski definition) is 3. The second-order valence-electron chi connectivity index (χ2n) is 11.9. The minimum atomic E-state index is -0.244. The van der Waals surface area contributed by atoms with Crippen molar-refractivity contribution in [2.24, 2.45) is 21.6 Å². The molecular weight excluding hydrogens is 590 g/mol. The number of hydrogen-bond acceptors (Lipinski definition) is 7. The van der Waals surface area contributed by atoms with Crippen LogP contribution in [-0.2, 0) is 9.59 Å². The second-order valence-corrected chi connectivity index (χ2v) is 11.9. The topological polar surface area (TPSA) is 157 Å². The molecule has 0 unspecified atom stereocenters. The molecule has 2 aliphatic rings. The van der Waals surface area contributed by atoms with E-state index in [-0.39, 0.29) is 30.0 Å². The van der Waals surface area contributed by atoms with Gasteiger partial charge in [-0.15, -0.1) is 0 Å². The number of carbonyl (C=O) groups excluding carboxylic acids is 2. The Morgan fingerprint density at radius 2 is 1.79 bits per heavy atom. The largest absolute Gasteiger partial charge is 0.397 e. The van der Waals surface area contributed by atoms with Crippen LogP contribution >= 0.6 is 0 Å². The van der Waals surface area contributed by atoms with Gasteiger partial charge in [0.25, 0.3) is 0 Å². The molecule has 3 aromatic rings. The number of anilines is 2. The normalized spacial score (nSPS) is 17.2. The molecule has 2 amide bonds. The molecule has 2 aliphatic heterocycles. The fourth-order valence-electron chi connectivity index (χ4n) is 5.99. The summed E-state index contributed by atoms with van der Waals surface area (Å²) in [5.41, 5.74) is 18.1. The van der Waals surface area contributed by atoms with Gasteiger partial charge in [-0.2, -0.15) is 0 Å². The Hall–Kier alpha value is -5.16. The number of pyridine rings is 1. The van der Waals surface area contributed by atoms with Gasteiger partial charge in [0.1, 0.15) is 23.7 Å². The van der Waals surface area contributed by atoms with Crippen molar-refractivity contribution in [3.8, 4) is 0 Å². The highest BCUT2D eigenvalue weighted by atomic mass is 16.2. The molecule has 2 aromatic carbocycles. The first kappa shape index (κ1) is 33.2. The predicted octanol–water partition coefficient (Wildman–Crippen LogP) is 3.74. The van der Waals surface area contributed by atoms with E-state index in [1.165, 1.54) is 11.9 Å². The van der Waals surface area contributed by atoms with Gasteiger partial charge >= 0.3 is 0 Å². The first-order valence-electron chi connectivity index (χ1n) is 16.0. The summed E-state index contributed by atoms with van der Waals surface area (Å²) in [6.45, 7) is 7.01. The summed E-state index contributed by atoms with van der Waals surface area (Å²) in [6.07, 6.45) is 4.97. The molecular formula is C36H43N9O2. The van der Waals surface area contributed by atoms with Gasteiger partial charge in [-0.05, 0) is 56.5 Å². The molecule has 11 heteroatoms. The molecule has 5 N–H and O–H groups in total. The van der Waals surface area contributed by atoms with E-state index in [2.05, 4.69) is 25.9 Å². The van der Waals surface area contributed by atoms with Crippen LogP contribution in [0.15, 0.2) is 76.7 Å². The van der Waals surface area contributed by atoms with Crippen LogP contribution in [0.5, 0.6) is 0 Å². The third-order valence-corrected chi connectivity index (χ3v) is 8.75. The number of benzene rings is 2. The van der Waals surface area contributed by atoms with E-state index in [1.54, 1.807) is 24.1 Å². The van der Waals surface area contributed by atoms with E-state index in [4.69, 9.17) is 16.9 Å². The van der Waals surface area contributed by atoms with Crippen LogP contribution in [-0.4, -0.2) is 90.8 Å². The Balaban J connectivity index is 1.16. The highest BCUT2D eigenvalue weighted by Crippen LogP contribution is 2.26. The lowest BCUT2D eigenvalue weighted by molar-refractivity contribution is -0.132. The number of likely N-dealkylation sites (tertiary alicyclic amines) is 1. The lowest BCUT2D eigenvalue weighted by atomic mass is 9.98. The molecule has 0 spiro atoms. The van der Waals surface area contributed by atoms with Crippen molar-refractivity contribution in [1.29, 1.82) is 5.41 Å². The molecule has 0 radical (unpaired) electrons. The minimum absolute atomic E-state index is 0.0318. The van der Waals surface area contributed by atoms with E-state index in [1.807, 2.05) is 67.3 Å². The second kappa shape index (κ2) is 15.0. The third kappa shape index (κ3) is 7.81. The van der Waals surface area contributed by atoms with Crippen molar-refractivity contribution < 1.29 is 9.59 Å². The lowest BCUT2D eigenvalue weighted by Crippen LogP contribution is -2.42. The number of aromatic nitrogens is 1. The highest BCUT2D eigenvalue weighted by Gasteiger charge is 2.34. The summed E-state index contributed by atoms with van der Waals surface area (Å²) >= 11 is 0. The lowest BCUT2D eigenvalue weighted by Gasteiger charge is -2.29. The van der Waals surface area contributed by atoms with Crippen molar-refractivity contribution in [2.45, 2.75) is 26.7 Å². The van der Waals surface area contributed by atoms with Gasteiger partial charge in [-0.3, -0.25) is 29.8 Å². The molecule has 0 saturated carbocycles. The first-order valence-corrected chi connectivity index (χ1v) is 16.0. The number of rotatable bonds is 10. The fourth-order valence-corrected chi connectivity index (χ4v) is 5.99. The maximum atomic E-state index is 13.7. The Morgan fingerprint density at radius 3 is 2.45 bits per heavy atom. The molecule has 1 fully saturated rings. The summed E-state index contributed by atoms with van der Waals surface area (Å²) in [4.78, 5) is 45.2. The van der Waals surface area contributed by atoms with E-state index in [9.17, 15) is 9.59 Å². The maximum absolute atomic E-state index is 13.7. The van der Waals surface area contributed by atoms with Crippen LogP contribution in [0, 0.1) is 18.3 Å².